The smallest absolute Gasteiger partial charge is 0.143 e. The lowest BCUT2D eigenvalue weighted by Gasteiger charge is -1.66. The van der Waals surface area contributed by atoms with E-state index in [0.717, 1.165) is 6.20 Å². The largest absolute Gasteiger partial charge is 0.251 e. The van der Waals surface area contributed by atoms with Crippen LogP contribution in [-0.4, -0.2) is 0 Å². The molecule has 2 heteroatoms. The number of nitrogens with zero attached hydrogens (tertiary/aromatic N) is 1. The van der Waals surface area contributed by atoms with E-state index in [4.69, 9.17) is 0 Å². The highest BCUT2D eigenvalue weighted by atomic mass is 19.1. The van der Waals surface area contributed by atoms with E-state index in [0.29, 0.717) is 0 Å². The van der Waals surface area contributed by atoms with Gasteiger partial charge in [-0.25, -0.2) is 4.39 Å². The van der Waals surface area contributed by atoms with Crippen LogP contribution < -0.4 is 5.32 Å². The third kappa shape index (κ3) is 0.407. The molecule has 0 bridgehead atoms. The number of hydrogen-bond donors (Lipinski definition) is 0. The zero-order chi connectivity index (χ0) is 4.41. The van der Waals surface area contributed by atoms with Gasteiger partial charge in [0, 0.05) is 6.08 Å². The standard InChI is InChI=1S/C4H2FN/c5-4-1-2-6-3-4/h1,3H. The molecule has 0 atom stereocenters. The second-order valence-corrected chi connectivity index (χ2v) is 0.917. The van der Waals surface area contributed by atoms with E-state index in [1.54, 1.807) is 0 Å². The first-order valence-electron chi connectivity index (χ1n) is 1.54. The van der Waals surface area contributed by atoms with Crippen LogP contribution in [0.3, 0.4) is 0 Å². The van der Waals surface area contributed by atoms with Crippen LogP contribution in [0.25, 0.3) is 0 Å². The lowest BCUT2D eigenvalue weighted by atomic mass is 10.6. The summed E-state index contributed by atoms with van der Waals surface area (Å²) in [5, 5.41) is 3.32. The van der Waals surface area contributed by atoms with Crippen molar-refractivity contribution in [2.45, 2.75) is 0 Å². The van der Waals surface area contributed by atoms with Gasteiger partial charge in [0.25, 0.3) is 0 Å². The molecule has 1 aliphatic heterocycles. The number of halogens is 1. The fourth-order valence-electron chi connectivity index (χ4n) is 0.235. The van der Waals surface area contributed by atoms with E-state index >= 15 is 0 Å². The number of hydrogen-bond acceptors (Lipinski definition) is 0. The second kappa shape index (κ2) is 1.12. The quantitative estimate of drug-likeness (QED) is 0.410. The highest BCUT2D eigenvalue weighted by Crippen LogP contribution is 1.99. The van der Waals surface area contributed by atoms with Crippen molar-refractivity contribution in [1.29, 1.82) is 0 Å². The molecule has 0 spiro atoms. The first-order valence-corrected chi connectivity index (χ1v) is 1.54. The van der Waals surface area contributed by atoms with Crippen LogP contribution in [0.4, 0.5) is 4.39 Å². The lowest BCUT2D eigenvalue weighted by Crippen LogP contribution is -1.71. The fourth-order valence-corrected chi connectivity index (χ4v) is 0.235. The maximum atomic E-state index is 11.6. The van der Waals surface area contributed by atoms with Crippen molar-refractivity contribution >= 4 is 0 Å². The van der Waals surface area contributed by atoms with E-state index in [-0.39, 0.29) is 5.83 Å². The molecule has 1 heterocycles. The molecule has 30 valence electrons. The molecular weight excluding hydrogens is 81.0 g/mol. The van der Waals surface area contributed by atoms with Crippen LogP contribution in [0.5, 0.6) is 0 Å². The van der Waals surface area contributed by atoms with Crippen LogP contribution >= 0.6 is 0 Å². The van der Waals surface area contributed by atoms with Crippen molar-refractivity contribution in [1.82, 2.24) is 5.32 Å². The minimum Gasteiger partial charge on any atom is -0.251 e. The van der Waals surface area contributed by atoms with Gasteiger partial charge in [0.2, 0.25) is 0 Å². The van der Waals surface area contributed by atoms with Crippen molar-refractivity contribution in [2.24, 2.45) is 0 Å². The Labute approximate surface area is 35.2 Å². The molecule has 1 nitrogen and oxygen atoms in total. The summed E-state index contributed by atoms with van der Waals surface area (Å²) in [5.74, 6) is -0.324. The molecule has 2 radical (unpaired) electrons. The molecular formula is C4H2FN. The van der Waals surface area contributed by atoms with Crippen molar-refractivity contribution in [3.8, 4) is 0 Å². The van der Waals surface area contributed by atoms with Gasteiger partial charge in [-0.2, -0.15) is 0 Å². The average molecular weight is 83.1 g/mol. The Balaban J connectivity index is 2.68. The summed E-state index contributed by atoms with van der Waals surface area (Å²) in [7, 11) is 0. The molecule has 0 amide bonds. The lowest BCUT2D eigenvalue weighted by molar-refractivity contribution is 0.667. The Morgan fingerprint density at radius 3 is 2.83 bits per heavy atom. The molecule has 6 heavy (non-hydrogen) atoms. The zero-order valence-corrected chi connectivity index (χ0v) is 2.98. The topological polar surface area (TPSA) is 14.1 Å². The van der Waals surface area contributed by atoms with E-state index in [9.17, 15) is 4.39 Å². The average Bonchev–Trinajstić information content (AvgIpc) is 1.86. The van der Waals surface area contributed by atoms with Gasteiger partial charge in [0.05, 0.1) is 12.4 Å². The molecule has 0 aromatic heterocycles. The summed E-state index contributed by atoms with van der Waals surface area (Å²) in [6.45, 7) is 0. The first-order chi connectivity index (χ1) is 2.89. The number of rotatable bonds is 0. The number of allylic oxidation sites excluding steroid dienone is 2. The second-order valence-electron chi connectivity index (χ2n) is 0.917. The third-order valence-electron chi connectivity index (χ3n) is 0.465. The molecule has 0 aromatic rings. The molecule has 1 aliphatic rings. The Hall–Kier alpha value is -0.790. The highest BCUT2D eigenvalue weighted by Gasteiger charge is 1.91. The minimum atomic E-state index is -0.324. The highest BCUT2D eigenvalue weighted by molar-refractivity contribution is 5.12. The molecule has 0 saturated carbocycles. The molecule has 0 N–H and O–H groups in total. The van der Waals surface area contributed by atoms with E-state index in [2.05, 4.69) is 11.5 Å². The van der Waals surface area contributed by atoms with E-state index in [1.165, 1.54) is 6.08 Å². The van der Waals surface area contributed by atoms with Crippen LogP contribution in [0.2, 0.25) is 0 Å². The van der Waals surface area contributed by atoms with E-state index in [1.807, 2.05) is 0 Å². The predicted octanol–water partition coefficient (Wildman–Crippen LogP) is 0.732. The SMILES string of the molecule is FC1=C[N][C]=C1. The molecule has 1 rings (SSSR count). The van der Waals surface area contributed by atoms with Crippen molar-refractivity contribution < 1.29 is 4.39 Å². The Bertz CT molecular complexity index is 101. The molecule has 0 fully saturated rings. The van der Waals surface area contributed by atoms with Crippen molar-refractivity contribution in [3.63, 3.8) is 0 Å². The van der Waals surface area contributed by atoms with Gasteiger partial charge in [0.15, 0.2) is 0 Å². The minimum absolute atomic E-state index is 0.324. The van der Waals surface area contributed by atoms with E-state index < -0.39 is 0 Å². The third-order valence-corrected chi connectivity index (χ3v) is 0.465. The van der Waals surface area contributed by atoms with Gasteiger partial charge < -0.3 is 0 Å². The van der Waals surface area contributed by atoms with Crippen molar-refractivity contribution in [3.05, 3.63) is 24.3 Å². The molecule has 0 unspecified atom stereocenters. The Kier molecular flexibility index (Phi) is 0.638. The Morgan fingerprint density at radius 1 is 1.83 bits per heavy atom. The monoisotopic (exact) mass is 83.0 g/mol. The zero-order valence-electron chi connectivity index (χ0n) is 2.98. The summed E-state index contributed by atoms with van der Waals surface area (Å²) >= 11 is 0. The summed E-state index contributed by atoms with van der Waals surface area (Å²) < 4.78 is 11.6. The maximum Gasteiger partial charge on any atom is 0.143 e. The summed E-state index contributed by atoms with van der Waals surface area (Å²) in [6, 6.07) is 0. The molecule has 0 aromatic carbocycles. The molecule has 0 saturated heterocycles. The van der Waals surface area contributed by atoms with Crippen molar-refractivity contribution in [2.75, 3.05) is 0 Å². The maximum absolute atomic E-state index is 11.6. The van der Waals surface area contributed by atoms with Gasteiger partial charge in [-0.1, -0.05) is 0 Å². The summed E-state index contributed by atoms with van der Waals surface area (Å²) in [4.78, 5) is 0. The summed E-state index contributed by atoms with van der Waals surface area (Å²) in [6.07, 6.45) is 4.60. The Morgan fingerprint density at radius 2 is 2.67 bits per heavy atom. The van der Waals surface area contributed by atoms with Crippen LogP contribution in [0.15, 0.2) is 18.1 Å². The van der Waals surface area contributed by atoms with Gasteiger partial charge in [0.1, 0.15) is 5.83 Å². The van der Waals surface area contributed by atoms with Gasteiger partial charge in [-0.15, -0.1) is 0 Å². The predicted molar refractivity (Wildman–Crippen MR) is 19.1 cm³/mol. The fraction of sp³-hybridized carbons (Fsp3) is 0. The molecule has 0 aliphatic carbocycles. The normalized spacial score (nSPS) is 17.2. The summed E-state index contributed by atoms with van der Waals surface area (Å²) in [5.41, 5.74) is 0. The van der Waals surface area contributed by atoms with Gasteiger partial charge in [-0.05, 0) is 0 Å². The first kappa shape index (κ1) is 3.40. The van der Waals surface area contributed by atoms with Crippen LogP contribution in [0.1, 0.15) is 0 Å². The van der Waals surface area contributed by atoms with Gasteiger partial charge in [-0.3, -0.25) is 5.32 Å². The van der Waals surface area contributed by atoms with Crippen LogP contribution in [-0.2, 0) is 0 Å². The van der Waals surface area contributed by atoms with Crippen LogP contribution in [0, 0.1) is 6.20 Å². The van der Waals surface area contributed by atoms with Gasteiger partial charge >= 0.3 is 0 Å².